The van der Waals surface area contributed by atoms with Gasteiger partial charge in [-0.1, -0.05) is 0 Å². The van der Waals surface area contributed by atoms with Crippen molar-refractivity contribution in [3.63, 3.8) is 0 Å². The molecule has 1 heterocycles. The van der Waals surface area contributed by atoms with Gasteiger partial charge in [-0.25, -0.2) is 0 Å². The van der Waals surface area contributed by atoms with E-state index in [9.17, 15) is 9.59 Å². The average Bonchev–Trinajstić information content (AvgIpc) is 2.61. The fourth-order valence-corrected chi connectivity index (χ4v) is 1.02. The molecular weight excluding hydrogens is 210 g/mol. The second-order valence-corrected chi connectivity index (χ2v) is 4.28. The Morgan fingerprint density at radius 3 is 2.50 bits per heavy atom. The first kappa shape index (κ1) is 12.3. The third-order valence-electron chi connectivity index (χ3n) is 2.23. The number of carbonyl (C=O) groups is 2. The summed E-state index contributed by atoms with van der Waals surface area (Å²) in [5.41, 5.74) is -0.989. The highest BCUT2D eigenvalue weighted by Gasteiger charge is 2.28. The molecule has 1 aromatic heterocycles. The highest BCUT2D eigenvalue weighted by atomic mass is 16.4. The zero-order valence-corrected chi connectivity index (χ0v) is 9.53. The molecular formula is C11H15NO4. The Labute approximate surface area is 93.4 Å². The highest BCUT2D eigenvalue weighted by molar-refractivity contribution is 5.91. The minimum atomic E-state index is -0.989. The van der Waals surface area contributed by atoms with Gasteiger partial charge in [-0.3, -0.25) is 9.59 Å². The lowest BCUT2D eigenvalue weighted by Gasteiger charge is -2.18. The van der Waals surface area contributed by atoms with Crippen LogP contribution < -0.4 is 5.32 Å². The molecule has 0 radical (unpaired) electrons. The lowest BCUT2D eigenvalue weighted by Crippen LogP contribution is -2.38. The third-order valence-corrected chi connectivity index (χ3v) is 2.23. The van der Waals surface area contributed by atoms with E-state index in [1.54, 1.807) is 32.9 Å². The summed E-state index contributed by atoms with van der Waals surface area (Å²) < 4.78 is 5.11. The summed E-state index contributed by atoms with van der Waals surface area (Å²) in [5.74, 6) is -0.521. The number of aryl methyl sites for hydroxylation is 1. The standard InChI is InChI=1S/C11H15NO4/c1-7-4-5-8(16-7)9(13)12-6-11(2,3)10(14)15/h4-5H,6H2,1-3H3,(H,12,13)(H,14,15). The van der Waals surface area contributed by atoms with Crippen molar-refractivity contribution in [2.24, 2.45) is 5.41 Å². The van der Waals surface area contributed by atoms with E-state index in [0.717, 1.165) is 0 Å². The largest absolute Gasteiger partial charge is 0.481 e. The molecule has 0 atom stereocenters. The van der Waals surface area contributed by atoms with Gasteiger partial charge in [0, 0.05) is 6.54 Å². The molecule has 5 heteroatoms. The summed E-state index contributed by atoms with van der Waals surface area (Å²) >= 11 is 0. The number of nitrogens with one attached hydrogen (secondary N) is 1. The van der Waals surface area contributed by atoms with Crippen molar-refractivity contribution in [3.8, 4) is 0 Å². The van der Waals surface area contributed by atoms with Crippen molar-refractivity contribution in [2.45, 2.75) is 20.8 Å². The summed E-state index contributed by atoms with van der Waals surface area (Å²) in [7, 11) is 0. The molecule has 5 nitrogen and oxygen atoms in total. The highest BCUT2D eigenvalue weighted by Crippen LogP contribution is 2.14. The van der Waals surface area contributed by atoms with Crippen molar-refractivity contribution in [1.29, 1.82) is 0 Å². The molecule has 0 aromatic carbocycles. The van der Waals surface area contributed by atoms with E-state index in [-0.39, 0.29) is 12.3 Å². The molecule has 1 amide bonds. The van der Waals surface area contributed by atoms with Gasteiger partial charge in [-0.05, 0) is 32.9 Å². The zero-order chi connectivity index (χ0) is 12.3. The lowest BCUT2D eigenvalue weighted by molar-refractivity contribution is -0.146. The van der Waals surface area contributed by atoms with Crippen LogP contribution in [0.15, 0.2) is 16.5 Å². The van der Waals surface area contributed by atoms with Crippen LogP contribution in [0.5, 0.6) is 0 Å². The van der Waals surface area contributed by atoms with E-state index in [1.165, 1.54) is 0 Å². The Bertz CT molecular complexity index is 406. The molecule has 88 valence electrons. The van der Waals surface area contributed by atoms with Crippen molar-refractivity contribution in [2.75, 3.05) is 6.54 Å². The van der Waals surface area contributed by atoms with Crippen LogP contribution in [0.1, 0.15) is 30.2 Å². The van der Waals surface area contributed by atoms with Gasteiger partial charge in [0.1, 0.15) is 5.76 Å². The monoisotopic (exact) mass is 225 g/mol. The maximum Gasteiger partial charge on any atom is 0.310 e. The predicted octanol–water partition coefficient (Wildman–Crippen LogP) is 1.43. The first-order valence-electron chi connectivity index (χ1n) is 4.91. The molecule has 0 aliphatic rings. The van der Waals surface area contributed by atoms with Crippen molar-refractivity contribution in [1.82, 2.24) is 5.32 Å². The van der Waals surface area contributed by atoms with Crippen LogP contribution in [-0.2, 0) is 4.79 Å². The molecule has 0 saturated heterocycles. The Hall–Kier alpha value is -1.78. The number of carbonyl (C=O) groups excluding carboxylic acids is 1. The van der Waals surface area contributed by atoms with Crippen LogP contribution in [0.2, 0.25) is 0 Å². The number of hydrogen-bond donors (Lipinski definition) is 2. The lowest BCUT2D eigenvalue weighted by atomic mass is 9.94. The van der Waals surface area contributed by atoms with Crippen LogP contribution >= 0.6 is 0 Å². The third kappa shape index (κ3) is 2.85. The average molecular weight is 225 g/mol. The molecule has 16 heavy (non-hydrogen) atoms. The summed E-state index contributed by atoms with van der Waals surface area (Å²) in [5, 5.41) is 11.4. The maximum absolute atomic E-state index is 11.5. The number of carboxylic acid groups (broad SMARTS) is 1. The second-order valence-electron chi connectivity index (χ2n) is 4.28. The van der Waals surface area contributed by atoms with Crippen LogP contribution in [-0.4, -0.2) is 23.5 Å². The first-order valence-corrected chi connectivity index (χ1v) is 4.91. The summed E-state index contributed by atoms with van der Waals surface area (Å²) in [6.45, 7) is 4.88. The van der Waals surface area contributed by atoms with E-state index < -0.39 is 17.3 Å². The van der Waals surface area contributed by atoms with Crippen molar-refractivity contribution in [3.05, 3.63) is 23.7 Å². The van der Waals surface area contributed by atoms with Crippen LogP contribution in [0.3, 0.4) is 0 Å². The maximum atomic E-state index is 11.5. The number of hydrogen-bond acceptors (Lipinski definition) is 3. The minimum Gasteiger partial charge on any atom is -0.481 e. The van der Waals surface area contributed by atoms with Crippen molar-refractivity contribution < 1.29 is 19.1 Å². The van der Waals surface area contributed by atoms with E-state index in [1.807, 2.05) is 0 Å². The normalized spacial score (nSPS) is 11.2. The number of carboxylic acids is 1. The Morgan fingerprint density at radius 2 is 2.06 bits per heavy atom. The smallest absolute Gasteiger partial charge is 0.310 e. The van der Waals surface area contributed by atoms with Gasteiger partial charge in [0.05, 0.1) is 5.41 Å². The zero-order valence-electron chi connectivity index (χ0n) is 9.53. The van der Waals surface area contributed by atoms with Crippen LogP contribution in [0.4, 0.5) is 0 Å². The van der Waals surface area contributed by atoms with E-state index in [4.69, 9.17) is 9.52 Å². The molecule has 1 aromatic rings. The molecule has 0 aliphatic carbocycles. The van der Waals surface area contributed by atoms with E-state index in [0.29, 0.717) is 5.76 Å². The Kier molecular flexibility index (Phi) is 3.37. The summed E-state index contributed by atoms with van der Waals surface area (Å²) in [6.07, 6.45) is 0. The SMILES string of the molecule is Cc1ccc(C(=O)NCC(C)(C)C(=O)O)o1. The van der Waals surface area contributed by atoms with Crippen LogP contribution in [0.25, 0.3) is 0 Å². The topological polar surface area (TPSA) is 79.5 Å². The number of aliphatic carboxylic acids is 1. The minimum absolute atomic E-state index is 0.0565. The fourth-order valence-electron chi connectivity index (χ4n) is 1.02. The Balaban J connectivity index is 2.57. The molecule has 0 saturated carbocycles. The molecule has 0 spiro atoms. The number of furan rings is 1. The Morgan fingerprint density at radius 1 is 1.44 bits per heavy atom. The van der Waals surface area contributed by atoms with Gasteiger partial charge < -0.3 is 14.8 Å². The van der Waals surface area contributed by atoms with Gasteiger partial charge in [0.2, 0.25) is 0 Å². The van der Waals surface area contributed by atoms with Gasteiger partial charge in [0.25, 0.3) is 5.91 Å². The molecule has 1 rings (SSSR count). The van der Waals surface area contributed by atoms with Crippen molar-refractivity contribution >= 4 is 11.9 Å². The fraction of sp³-hybridized carbons (Fsp3) is 0.455. The molecule has 0 bridgehead atoms. The van der Waals surface area contributed by atoms with Gasteiger partial charge in [-0.2, -0.15) is 0 Å². The van der Waals surface area contributed by atoms with Gasteiger partial charge in [0.15, 0.2) is 5.76 Å². The molecule has 0 fully saturated rings. The van der Waals surface area contributed by atoms with E-state index >= 15 is 0 Å². The van der Waals surface area contributed by atoms with Gasteiger partial charge in [-0.15, -0.1) is 0 Å². The van der Waals surface area contributed by atoms with Crippen LogP contribution in [0, 0.1) is 12.3 Å². The molecule has 2 N–H and O–H groups in total. The molecule has 0 aliphatic heterocycles. The second kappa shape index (κ2) is 4.38. The number of rotatable bonds is 4. The number of amides is 1. The van der Waals surface area contributed by atoms with Gasteiger partial charge >= 0.3 is 5.97 Å². The summed E-state index contributed by atoms with van der Waals surface area (Å²) in [4.78, 5) is 22.3. The first-order chi connectivity index (χ1) is 7.33. The van der Waals surface area contributed by atoms with E-state index in [2.05, 4.69) is 5.32 Å². The quantitative estimate of drug-likeness (QED) is 0.812. The molecule has 0 unspecified atom stereocenters. The summed E-state index contributed by atoms with van der Waals surface area (Å²) in [6, 6.07) is 3.23. The predicted molar refractivity (Wildman–Crippen MR) is 57.2 cm³/mol.